The molecule has 1 amide bonds. The van der Waals surface area contributed by atoms with Crippen LogP contribution in [0, 0.1) is 11.8 Å². The van der Waals surface area contributed by atoms with Crippen LogP contribution in [0.25, 0.3) is 0 Å². The van der Waals surface area contributed by atoms with Crippen LogP contribution < -0.4 is 5.32 Å². The number of amides is 1. The van der Waals surface area contributed by atoms with Gasteiger partial charge in [0.25, 0.3) is 0 Å². The summed E-state index contributed by atoms with van der Waals surface area (Å²) in [6.45, 7) is 7.08. The van der Waals surface area contributed by atoms with Crippen molar-refractivity contribution in [2.24, 2.45) is 11.8 Å². The summed E-state index contributed by atoms with van der Waals surface area (Å²) in [5.74, 6) is 0.625. The monoisotopic (exact) mass is 372 g/mol. The van der Waals surface area contributed by atoms with E-state index in [2.05, 4.69) is 34.5 Å². The van der Waals surface area contributed by atoms with Gasteiger partial charge in [-0.2, -0.15) is 0 Å². The Morgan fingerprint density at radius 2 is 2.04 bits per heavy atom. The zero-order valence-corrected chi connectivity index (χ0v) is 16.4. The summed E-state index contributed by atoms with van der Waals surface area (Å²) in [7, 11) is 0. The fourth-order valence-corrected chi connectivity index (χ4v) is 5.22. The number of fused-ring (bicyclic) bond motifs is 2. The van der Waals surface area contributed by atoms with Gasteiger partial charge in [0.2, 0.25) is 5.91 Å². The highest BCUT2D eigenvalue weighted by atomic mass is 16.5. The Kier molecular flexibility index (Phi) is 4.97. The molecule has 4 rings (SSSR count). The maximum absolute atomic E-state index is 11.8. The van der Waals surface area contributed by atoms with Crippen LogP contribution in [0.4, 0.5) is 0 Å². The molecule has 3 atom stereocenters. The minimum atomic E-state index is -0.0150. The number of ether oxygens (including phenoxy) is 1. The number of rotatable bonds is 5. The lowest BCUT2D eigenvalue weighted by Gasteiger charge is -2.40. The zero-order chi connectivity index (χ0) is 19.0. The normalized spacial score (nSPS) is 28.6. The van der Waals surface area contributed by atoms with Crippen LogP contribution in [0.1, 0.15) is 58.1 Å². The highest BCUT2D eigenvalue weighted by Gasteiger charge is 2.48. The van der Waals surface area contributed by atoms with Crippen LogP contribution in [-0.2, 0) is 19.7 Å². The van der Waals surface area contributed by atoms with E-state index >= 15 is 0 Å². The Balaban J connectivity index is 0.00000225. The lowest BCUT2D eigenvalue weighted by molar-refractivity contribution is -0.145. The summed E-state index contributed by atoms with van der Waals surface area (Å²) in [5, 5.41) is 3.15. The largest absolute Gasteiger partial charge is 0.466 e. The second kappa shape index (κ2) is 7.27. The molecule has 0 aromatic heterocycles. The smallest absolute Gasteiger partial charge is 0.309 e. The van der Waals surface area contributed by atoms with Crippen LogP contribution in [0.2, 0.25) is 0 Å². The van der Waals surface area contributed by atoms with Crippen molar-refractivity contribution in [1.29, 1.82) is 0 Å². The van der Waals surface area contributed by atoms with Crippen molar-refractivity contribution in [1.82, 2.24) is 10.2 Å². The Morgan fingerprint density at radius 1 is 1.30 bits per heavy atom. The number of benzene rings is 1. The second-order valence-electron chi connectivity index (χ2n) is 8.48. The second-order valence-corrected chi connectivity index (χ2v) is 8.48. The summed E-state index contributed by atoms with van der Waals surface area (Å²) in [4.78, 5) is 26.0. The Bertz CT molecular complexity index is 730. The Hall–Kier alpha value is -1.88. The molecule has 1 aliphatic heterocycles. The first kappa shape index (κ1) is 18.5. The summed E-state index contributed by atoms with van der Waals surface area (Å²) >= 11 is 0. The third-order valence-corrected chi connectivity index (χ3v) is 6.70. The molecule has 1 aromatic rings. The average Bonchev–Trinajstić information content (AvgIpc) is 3.36. The van der Waals surface area contributed by atoms with E-state index in [1.54, 1.807) is 6.92 Å². The van der Waals surface area contributed by atoms with Crippen molar-refractivity contribution in [3.05, 3.63) is 35.4 Å². The number of carbonyl (C=O) groups excluding carboxylic acids is 2. The van der Waals surface area contributed by atoms with E-state index in [1.165, 1.54) is 11.1 Å². The molecule has 3 aliphatic rings. The Morgan fingerprint density at radius 3 is 2.74 bits per heavy atom. The zero-order valence-electron chi connectivity index (χ0n) is 16.4. The van der Waals surface area contributed by atoms with Crippen molar-refractivity contribution >= 4 is 11.9 Å². The van der Waals surface area contributed by atoms with Crippen molar-refractivity contribution in [2.45, 2.75) is 51.0 Å². The molecule has 0 bridgehead atoms. The van der Waals surface area contributed by atoms with E-state index in [0.29, 0.717) is 12.5 Å². The molecule has 27 heavy (non-hydrogen) atoms. The van der Waals surface area contributed by atoms with Crippen molar-refractivity contribution < 1.29 is 15.8 Å². The van der Waals surface area contributed by atoms with Crippen LogP contribution in [0.3, 0.4) is 0 Å². The van der Waals surface area contributed by atoms with Gasteiger partial charge in [-0.3, -0.25) is 9.59 Å². The van der Waals surface area contributed by atoms with Gasteiger partial charge in [-0.1, -0.05) is 24.3 Å². The topological polar surface area (TPSA) is 58.6 Å². The molecule has 2 fully saturated rings. The van der Waals surface area contributed by atoms with Crippen LogP contribution in [0.5, 0.6) is 0 Å². The summed E-state index contributed by atoms with van der Waals surface area (Å²) in [6, 6.07) is 8.76. The number of piperidine rings is 1. The molecule has 1 spiro atoms. The van der Waals surface area contributed by atoms with Crippen molar-refractivity contribution in [3.63, 3.8) is 0 Å². The first-order chi connectivity index (χ1) is 13.0. The highest BCUT2D eigenvalue weighted by molar-refractivity contribution is 5.75. The molecule has 1 saturated carbocycles. The Labute approximate surface area is 162 Å². The van der Waals surface area contributed by atoms with Gasteiger partial charge in [0.1, 0.15) is 0 Å². The van der Waals surface area contributed by atoms with Gasteiger partial charge >= 0.3 is 5.97 Å². The summed E-state index contributed by atoms with van der Waals surface area (Å²) in [5.41, 5.74) is 2.91. The van der Waals surface area contributed by atoms with Gasteiger partial charge < -0.3 is 15.0 Å². The van der Waals surface area contributed by atoms with Crippen LogP contribution in [-0.4, -0.2) is 43.0 Å². The van der Waals surface area contributed by atoms with E-state index in [-0.39, 0.29) is 30.7 Å². The third-order valence-electron chi connectivity index (χ3n) is 6.70. The molecule has 5 heteroatoms. The number of hydrogen-bond donors (Lipinski definition) is 1. The minimum absolute atomic E-state index is 0. The molecule has 0 radical (unpaired) electrons. The molecule has 1 heterocycles. The van der Waals surface area contributed by atoms with E-state index in [9.17, 15) is 9.59 Å². The lowest BCUT2D eigenvalue weighted by atomic mass is 9.73. The standard InChI is InChI=1S/C22H30N2O3.H2/c1-3-27-21(26)18-12-16(18)14-24-10-8-22(9-11-24)13-20(23-15(2)25)17-6-4-5-7-19(17)22;/h4-7,16,18,20H,3,8-14H2,1-2H3,(H,23,25);1H/t16?,18?,20-;/m0./s1. The number of esters is 1. The molecule has 1 aromatic carbocycles. The molecular formula is C22H32N2O3. The maximum Gasteiger partial charge on any atom is 0.309 e. The van der Waals surface area contributed by atoms with Gasteiger partial charge in [-0.25, -0.2) is 0 Å². The summed E-state index contributed by atoms with van der Waals surface area (Å²) < 4.78 is 5.15. The van der Waals surface area contributed by atoms with E-state index < -0.39 is 0 Å². The van der Waals surface area contributed by atoms with E-state index in [4.69, 9.17) is 4.74 Å². The molecular weight excluding hydrogens is 340 g/mol. The van der Waals surface area contributed by atoms with Gasteiger partial charge in [-0.15, -0.1) is 0 Å². The minimum Gasteiger partial charge on any atom is -0.466 e. The quantitative estimate of drug-likeness (QED) is 0.807. The van der Waals surface area contributed by atoms with Crippen molar-refractivity contribution in [3.8, 4) is 0 Å². The molecule has 148 valence electrons. The first-order valence-corrected chi connectivity index (χ1v) is 10.3. The van der Waals surface area contributed by atoms with Crippen LogP contribution >= 0.6 is 0 Å². The number of likely N-dealkylation sites (tertiary alicyclic amines) is 1. The number of nitrogens with one attached hydrogen (secondary N) is 1. The predicted octanol–water partition coefficient (Wildman–Crippen LogP) is 3.05. The average molecular weight is 373 g/mol. The highest BCUT2D eigenvalue weighted by Crippen LogP contribution is 2.51. The van der Waals surface area contributed by atoms with Crippen LogP contribution in [0.15, 0.2) is 24.3 Å². The molecule has 5 nitrogen and oxygen atoms in total. The maximum atomic E-state index is 11.8. The number of hydrogen-bond acceptors (Lipinski definition) is 4. The lowest BCUT2D eigenvalue weighted by Crippen LogP contribution is -2.43. The van der Waals surface area contributed by atoms with E-state index in [0.717, 1.165) is 45.3 Å². The fourth-order valence-electron chi connectivity index (χ4n) is 5.22. The third kappa shape index (κ3) is 3.62. The molecule has 1 N–H and O–H groups in total. The SMILES string of the molecule is CCOC(=O)C1CC1CN1CCC2(CC1)C[C@H](NC(C)=O)c1ccccc12.[HH]. The van der Waals surface area contributed by atoms with Crippen molar-refractivity contribution in [2.75, 3.05) is 26.2 Å². The first-order valence-electron chi connectivity index (χ1n) is 10.3. The van der Waals surface area contributed by atoms with Gasteiger partial charge in [-0.05, 0) is 62.7 Å². The summed E-state index contributed by atoms with van der Waals surface area (Å²) in [6.07, 6.45) is 4.23. The van der Waals surface area contributed by atoms with Gasteiger partial charge in [0, 0.05) is 20.3 Å². The molecule has 2 aliphatic carbocycles. The number of nitrogens with zero attached hydrogens (tertiary/aromatic N) is 1. The number of carbonyl (C=O) groups is 2. The predicted molar refractivity (Wildman–Crippen MR) is 105 cm³/mol. The van der Waals surface area contributed by atoms with E-state index in [1.807, 2.05) is 6.92 Å². The van der Waals surface area contributed by atoms with Gasteiger partial charge in [0.05, 0.1) is 18.6 Å². The fraction of sp³-hybridized carbons (Fsp3) is 0.636. The molecule has 2 unspecified atom stereocenters. The van der Waals surface area contributed by atoms with Gasteiger partial charge in [0.15, 0.2) is 0 Å². The molecule has 1 saturated heterocycles.